The summed E-state index contributed by atoms with van der Waals surface area (Å²) in [6, 6.07) is 12.3. The molecule has 1 aliphatic rings. The summed E-state index contributed by atoms with van der Waals surface area (Å²) in [7, 11) is 0. The highest BCUT2D eigenvalue weighted by atomic mass is 16.6. The third-order valence-corrected chi connectivity index (χ3v) is 6.30. The van der Waals surface area contributed by atoms with Crippen molar-refractivity contribution in [2.75, 3.05) is 0 Å². The van der Waals surface area contributed by atoms with E-state index in [9.17, 15) is 4.79 Å². The van der Waals surface area contributed by atoms with E-state index in [4.69, 9.17) is 4.74 Å². The molecular formula is C25H32O2. The topological polar surface area (TPSA) is 26.3 Å². The van der Waals surface area contributed by atoms with Crippen LogP contribution in [-0.2, 0) is 4.74 Å². The van der Waals surface area contributed by atoms with Crippen molar-refractivity contribution in [3.8, 4) is 0 Å². The first-order valence-corrected chi connectivity index (χ1v) is 10.2. The van der Waals surface area contributed by atoms with Crippen molar-refractivity contribution in [3.63, 3.8) is 0 Å². The molecule has 1 aliphatic carbocycles. The van der Waals surface area contributed by atoms with E-state index in [2.05, 4.69) is 58.9 Å². The Bertz CT molecular complexity index is 860. The molecule has 0 saturated heterocycles. The molecule has 0 aliphatic heterocycles. The highest BCUT2D eigenvalue weighted by Crippen LogP contribution is 2.36. The Balaban J connectivity index is 1.90. The van der Waals surface area contributed by atoms with Gasteiger partial charge in [-0.05, 0) is 74.8 Å². The molecule has 0 fully saturated rings. The van der Waals surface area contributed by atoms with Crippen molar-refractivity contribution >= 4 is 16.7 Å². The summed E-state index contributed by atoms with van der Waals surface area (Å²) in [4.78, 5) is 13.1. The second kappa shape index (κ2) is 7.88. The lowest BCUT2D eigenvalue weighted by Crippen LogP contribution is -2.37. The number of hydrogen-bond acceptors (Lipinski definition) is 2. The van der Waals surface area contributed by atoms with Crippen molar-refractivity contribution in [2.24, 2.45) is 5.92 Å². The summed E-state index contributed by atoms with van der Waals surface area (Å²) in [5.74, 6) is 0.627. The van der Waals surface area contributed by atoms with E-state index in [1.807, 2.05) is 18.2 Å². The van der Waals surface area contributed by atoms with Crippen molar-refractivity contribution in [3.05, 3.63) is 59.2 Å². The van der Waals surface area contributed by atoms with Crippen LogP contribution in [0.15, 0.2) is 48.0 Å². The van der Waals surface area contributed by atoms with Gasteiger partial charge in [-0.15, -0.1) is 0 Å². The summed E-state index contributed by atoms with van der Waals surface area (Å²) in [5.41, 5.74) is 2.95. The molecule has 2 nitrogen and oxygen atoms in total. The average Bonchev–Trinajstić information content (AvgIpc) is 2.66. The predicted molar refractivity (Wildman–Crippen MR) is 113 cm³/mol. The summed E-state index contributed by atoms with van der Waals surface area (Å²) in [6.07, 6.45) is 6.53. The van der Waals surface area contributed by atoms with Crippen LogP contribution in [0.1, 0.15) is 82.1 Å². The maximum Gasteiger partial charge on any atom is 0.339 e. The van der Waals surface area contributed by atoms with Crippen LogP contribution in [0.5, 0.6) is 0 Å². The lowest BCUT2D eigenvalue weighted by atomic mass is 9.79. The van der Waals surface area contributed by atoms with Gasteiger partial charge in [0, 0.05) is 5.92 Å². The Morgan fingerprint density at radius 1 is 1.19 bits per heavy atom. The van der Waals surface area contributed by atoms with Gasteiger partial charge in [-0.2, -0.15) is 0 Å². The van der Waals surface area contributed by atoms with E-state index in [0.717, 1.165) is 36.5 Å². The number of rotatable bonds is 5. The maximum atomic E-state index is 13.1. The normalized spacial score (nSPS) is 18.9. The van der Waals surface area contributed by atoms with Crippen LogP contribution in [0.4, 0.5) is 0 Å². The molecule has 2 heteroatoms. The molecule has 2 aromatic carbocycles. The molecule has 0 spiro atoms. The van der Waals surface area contributed by atoms with Gasteiger partial charge in [-0.1, -0.05) is 55.8 Å². The van der Waals surface area contributed by atoms with Crippen LogP contribution >= 0.6 is 0 Å². The van der Waals surface area contributed by atoms with Gasteiger partial charge in [-0.25, -0.2) is 4.79 Å². The summed E-state index contributed by atoms with van der Waals surface area (Å²) in [5, 5.41) is 2.16. The van der Waals surface area contributed by atoms with Crippen LogP contribution in [0.3, 0.4) is 0 Å². The molecular weight excluding hydrogens is 332 g/mol. The number of fused-ring (bicyclic) bond motifs is 1. The molecule has 0 saturated carbocycles. The molecule has 2 atom stereocenters. The zero-order valence-corrected chi connectivity index (χ0v) is 17.3. The van der Waals surface area contributed by atoms with E-state index in [-0.39, 0.29) is 5.97 Å². The standard InChI is InChI=1S/C25H32O2/c1-6-18(3)20-9-7-11-22-21(20)10-8-12-23(22)24(26)27-25(4,5)19-15-13-17(2)14-16-19/h7-13,18-19H,6,14-16H2,1-5H3. The summed E-state index contributed by atoms with van der Waals surface area (Å²) in [6.45, 7) is 10.7. The van der Waals surface area contributed by atoms with Gasteiger partial charge in [0.25, 0.3) is 0 Å². The Morgan fingerprint density at radius 3 is 2.56 bits per heavy atom. The fraction of sp³-hybridized carbons (Fsp3) is 0.480. The first-order chi connectivity index (χ1) is 12.8. The predicted octanol–water partition coefficient (Wildman–Crippen LogP) is 7.04. The Hall–Kier alpha value is -2.09. The number of hydrogen-bond donors (Lipinski definition) is 0. The molecule has 2 aromatic rings. The van der Waals surface area contributed by atoms with Gasteiger partial charge in [0.05, 0.1) is 5.56 Å². The zero-order chi connectivity index (χ0) is 19.6. The smallest absolute Gasteiger partial charge is 0.339 e. The molecule has 0 bridgehead atoms. The third-order valence-electron chi connectivity index (χ3n) is 6.30. The molecule has 0 N–H and O–H groups in total. The quantitative estimate of drug-likeness (QED) is 0.420. The van der Waals surface area contributed by atoms with Gasteiger partial charge in [-0.3, -0.25) is 0 Å². The molecule has 144 valence electrons. The van der Waals surface area contributed by atoms with Crippen LogP contribution in [-0.4, -0.2) is 11.6 Å². The first kappa shape index (κ1) is 19.7. The van der Waals surface area contributed by atoms with Gasteiger partial charge >= 0.3 is 5.97 Å². The van der Waals surface area contributed by atoms with E-state index in [1.54, 1.807) is 0 Å². The SMILES string of the molecule is CCC(C)c1cccc2c(C(=O)OC(C)(C)C3CC=C(C)CC3)cccc12. The highest BCUT2D eigenvalue weighted by Gasteiger charge is 2.34. The van der Waals surface area contributed by atoms with Gasteiger partial charge in [0.1, 0.15) is 5.60 Å². The maximum absolute atomic E-state index is 13.1. The van der Waals surface area contributed by atoms with Crippen LogP contribution < -0.4 is 0 Å². The second-order valence-electron chi connectivity index (χ2n) is 8.57. The zero-order valence-electron chi connectivity index (χ0n) is 17.3. The fourth-order valence-electron chi connectivity index (χ4n) is 4.14. The van der Waals surface area contributed by atoms with E-state index < -0.39 is 5.60 Å². The molecule has 2 unspecified atom stereocenters. The van der Waals surface area contributed by atoms with Crippen molar-refractivity contribution in [1.82, 2.24) is 0 Å². The third kappa shape index (κ3) is 4.10. The Kier molecular flexibility index (Phi) is 5.74. The van der Waals surface area contributed by atoms with Crippen molar-refractivity contribution in [1.29, 1.82) is 0 Å². The fourth-order valence-corrected chi connectivity index (χ4v) is 4.14. The van der Waals surface area contributed by atoms with E-state index in [0.29, 0.717) is 17.4 Å². The average molecular weight is 365 g/mol. The number of ether oxygens (including phenoxy) is 1. The molecule has 0 heterocycles. The van der Waals surface area contributed by atoms with Gasteiger partial charge in [0.15, 0.2) is 0 Å². The molecule has 3 rings (SSSR count). The van der Waals surface area contributed by atoms with Crippen molar-refractivity contribution in [2.45, 2.75) is 71.8 Å². The van der Waals surface area contributed by atoms with Crippen LogP contribution in [0.25, 0.3) is 10.8 Å². The molecule has 0 radical (unpaired) electrons. The number of carbonyl (C=O) groups excluding carboxylic acids is 1. The number of esters is 1. The number of carbonyl (C=O) groups is 1. The molecule has 0 aromatic heterocycles. The van der Waals surface area contributed by atoms with Crippen LogP contribution in [0, 0.1) is 5.92 Å². The van der Waals surface area contributed by atoms with Crippen LogP contribution in [0.2, 0.25) is 0 Å². The monoisotopic (exact) mass is 364 g/mol. The van der Waals surface area contributed by atoms with Crippen molar-refractivity contribution < 1.29 is 9.53 Å². The van der Waals surface area contributed by atoms with E-state index >= 15 is 0 Å². The minimum Gasteiger partial charge on any atom is -0.456 e. The lowest BCUT2D eigenvalue weighted by molar-refractivity contribution is -0.0321. The minimum absolute atomic E-state index is 0.210. The minimum atomic E-state index is -0.467. The van der Waals surface area contributed by atoms with E-state index in [1.165, 1.54) is 11.1 Å². The number of allylic oxidation sites excluding steroid dienone is 2. The second-order valence-corrected chi connectivity index (χ2v) is 8.57. The lowest BCUT2D eigenvalue weighted by Gasteiger charge is -2.35. The van der Waals surface area contributed by atoms with Gasteiger partial charge in [0.2, 0.25) is 0 Å². The Morgan fingerprint density at radius 2 is 1.89 bits per heavy atom. The summed E-state index contributed by atoms with van der Waals surface area (Å²) >= 11 is 0. The van der Waals surface area contributed by atoms with Gasteiger partial charge < -0.3 is 4.74 Å². The highest BCUT2D eigenvalue weighted by molar-refractivity contribution is 6.05. The number of benzene rings is 2. The summed E-state index contributed by atoms with van der Waals surface area (Å²) < 4.78 is 6.07. The molecule has 27 heavy (non-hydrogen) atoms. The largest absolute Gasteiger partial charge is 0.456 e. The first-order valence-electron chi connectivity index (χ1n) is 10.2. The molecule has 0 amide bonds. The Labute approximate surface area is 163 Å².